The van der Waals surface area contributed by atoms with Crippen LogP contribution >= 0.6 is 0 Å². The maximum atomic E-state index is 11.5. The summed E-state index contributed by atoms with van der Waals surface area (Å²) in [6, 6.07) is 1.75. The van der Waals surface area contributed by atoms with E-state index in [0.717, 1.165) is 13.1 Å². The van der Waals surface area contributed by atoms with Crippen LogP contribution < -0.4 is 0 Å². The summed E-state index contributed by atoms with van der Waals surface area (Å²) in [6.07, 6.45) is 3.28. The number of aromatic nitrogens is 2. The smallest absolute Gasteiger partial charge is 0.260 e. The Morgan fingerprint density at radius 1 is 1.46 bits per heavy atom. The summed E-state index contributed by atoms with van der Waals surface area (Å²) in [5, 5.41) is 3.88. The van der Waals surface area contributed by atoms with Crippen LogP contribution in [0.25, 0.3) is 0 Å². The second-order valence-electron chi connectivity index (χ2n) is 2.81. The van der Waals surface area contributed by atoms with Gasteiger partial charge in [0.05, 0.1) is 6.54 Å². The van der Waals surface area contributed by atoms with E-state index < -0.39 is 0 Å². The fourth-order valence-electron chi connectivity index (χ4n) is 1.13. The maximum Gasteiger partial charge on any atom is 0.260 e. The molecule has 0 aromatic carbocycles. The minimum atomic E-state index is 0.0219. The molecule has 0 aliphatic rings. The third-order valence-electron chi connectivity index (χ3n) is 2.01. The van der Waals surface area contributed by atoms with Crippen molar-refractivity contribution in [2.45, 2.75) is 13.8 Å². The van der Waals surface area contributed by atoms with E-state index in [1.165, 1.54) is 4.68 Å². The molecule has 72 valence electrons. The van der Waals surface area contributed by atoms with Crippen molar-refractivity contribution in [1.29, 1.82) is 0 Å². The highest BCUT2D eigenvalue weighted by Crippen LogP contribution is 1.90. The molecular weight excluding hydrogens is 166 g/mol. The lowest BCUT2D eigenvalue weighted by Gasteiger charge is -2.16. The van der Waals surface area contributed by atoms with E-state index in [1.807, 2.05) is 13.8 Å². The lowest BCUT2D eigenvalue weighted by Crippen LogP contribution is -2.32. The molecule has 1 rings (SSSR count). The first-order valence-electron chi connectivity index (χ1n) is 4.53. The average molecular weight is 181 g/mol. The Morgan fingerprint density at radius 3 is 2.62 bits per heavy atom. The third kappa shape index (κ3) is 2.66. The molecule has 4 heteroatoms. The van der Waals surface area contributed by atoms with Crippen LogP contribution in [0, 0.1) is 0 Å². The van der Waals surface area contributed by atoms with Crippen LogP contribution in [0.4, 0.5) is 0 Å². The molecule has 1 heterocycles. The fraction of sp³-hybridized carbons (Fsp3) is 0.556. The molecule has 0 atom stereocenters. The number of carbonyl (C=O) groups is 1. The average Bonchev–Trinajstić information content (AvgIpc) is 2.66. The monoisotopic (exact) mass is 181 g/mol. The molecule has 0 saturated heterocycles. The zero-order valence-corrected chi connectivity index (χ0v) is 8.10. The third-order valence-corrected chi connectivity index (χ3v) is 2.01. The highest BCUT2D eigenvalue weighted by molar-refractivity contribution is 5.79. The van der Waals surface area contributed by atoms with Crippen LogP contribution in [0.5, 0.6) is 0 Å². The first-order valence-corrected chi connectivity index (χ1v) is 4.53. The fourth-order valence-corrected chi connectivity index (χ4v) is 1.13. The Hall–Kier alpha value is -1.16. The van der Waals surface area contributed by atoms with Gasteiger partial charge in [0, 0.05) is 12.4 Å². The first-order chi connectivity index (χ1) is 6.27. The quantitative estimate of drug-likeness (QED) is 0.691. The van der Waals surface area contributed by atoms with Gasteiger partial charge < -0.3 is 0 Å². The molecule has 0 amide bonds. The molecule has 4 nitrogen and oxygen atoms in total. The molecule has 0 aliphatic heterocycles. The molecule has 0 aliphatic carbocycles. The number of carbonyl (C=O) groups excluding carboxylic acids is 1. The van der Waals surface area contributed by atoms with Gasteiger partial charge in [0.2, 0.25) is 0 Å². The molecule has 0 unspecified atom stereocenters. The molecule has 0 spiro atoms. The molecule has 0 N–H and O–H groups in total. The summed E-state index contributed by atoms with van der Waals surface area (Å²) in [7, 11) is 0. The highest BCUT2D eigenvalue weighted by atomic mass is 16.2. The Balaban J connectivity index is 2.50. The molecule has 1 aromatic rings. The molecule has 0 saturated carbocycles. The van der Waals surface area contributed by atoms with Crippen molar-refractivity contribution in [1.82, 2.24) is 14.7 Å². The van der Waals surface area contributed by atoms with Crippen LogP contribution in [-0.2, 0) is 0 Å². The minimum absolute atomic E-state index is 0.0219. The maximum absolute atomic E-state index is 11.5. The zero-order chi connectivity index (χ0) is 9.68. The summed E-state index contributed by atoms with van der Waals surface area (Å²) in [6.45, 7) is 6.31. The van der Waals surface area contributed by atoms with Crippen molar-refractivity contribution in [3.8, 4) is 0 Å². The van der Waals surface area contributed by atoms with Crippen LogP contribution in [0.3, 0.4) is 0 Å². The van der Waals surface area contributed by atoms with E-state index in [4.69, 9.17) is 0 Å². The van der Waals surface area contributed by atoms with Crippen molar-refractivity contribution in [2.75, 3.05) is 19.6 Å². The van der Waals surface area contributed by atoms with Gasteiger partial charge >= 0.3 is 0 Å². The topological polar surface area (TPSA) is 38.1 Å². The summed E-state index contributed by atoms with van der Waals surface area (Å²) in [5.74, 6) is 0.0219. The largest absolute Gasteiger partial charge is 0.295 e. The lowest BCUT2D eigenvalue weighted by molar-refractivity contribution is 0.0838. The summed E-state index contributed by atoms with van der Waals surface area (Å²) in [5.41, 5.74) is 0. The van der Waals surface area contributed by atoms with Gasteiger partial charge in [-0.3, -0.25) is 9.69 Å². The molecule has 13 heavy (non-hydrogen) atoms. The van der Waals surface area contributed by atoms with Gasteiger partial charge in [0.25, 0.3) is 5.91 Å². The number of likely N-dealkylation sites (N-methyl/N-ethyl adjacent to an activating group) is 1. The van der Waals surface area contributed by atoms with Crippen LogP contribution in [-0.4, -0.2) is 40.2 Å². The predicted octanol–water partition coefficient (Wildman–Crippen LogP) is 0.865. The van der Waals surface area contributed by atoms with Crippen molar-refractivity contribution in [3.63, 3.8) is 0 Å². The summed E-state index contributed by atoms with van der Waals surface area (Å²) >= 11 is 0. The van der Waals surface area contributed by atoms with Gasteiger partial charge in [-0.05, 0) is 19.2 Å². The highest BCUT2D eigenvalue weighted by Gasteiger charge is 2.08. The summed E-state index contributed by atoms with van der Waals surface area (Å²) in [4.78, 5) is 13.6. The second kappa shape index (κ2) is 4.77. The van der Waals surface area contributed by atoms with E-state index in [0.29, 0.717) is 6.54 Å². The van der Waals surface area contributed by atoms with Gasteiger partial charge in [-0.1, -0.05) is 13.8 Å². The van der Waals surface area contributed by atoms with Gasteiger partial charge in [0.1, 0.15) is 0 Å². The molecular formula is C9H15N3O. The second-order valence-corrected chi connectivity index (χ2v) is 2.81. The lowest BCUT2D eigenvalue weighted by atomic mass is 10.4. The molecule has 0 radical (unpaired) electrons. The Kier molecular flexibility index (Phi) is 3.64. The van der Waals surface area contributed by atoms with Crippen LogP contribution in [0.1, 0.15) is 18.6 Å². The van der Waals surface area contributed by atoms with E-state index in [-0.39, 0.29) is 5.91 Å². The van der Waals surface area contributed by atoms with E-state index >= 15 is 0 Å². The summed E-state index contributed by atoms with van der Waals surface area (Å²) < 4.78 is 1.37. The standard InChI is InChI=1S/C9H15N3O/c1-3-11(4-2)8-9(13)12-7-5-6-10-12/h5-7H,3-4,8H2,1-2H3. The van der Waals surface area contributed by atoms with Crippen molar-refractivity contribution >= 4 is 5.91 Å². The van der Waals surface area contributed by atoms with E-state index in [1.54, 1.807) is 18.5 Å². The molecule has 0 fully saturated rings. The Labute approximate surface area is 78.1 Å². The normalized spacial score (nSPS) is 10.7. The van der Waals surface area contributed by atoms with Crippen molar-refractivity contribution in [2.24, 2.45) is 0 Å². The molecule has 0 bridgehead atoms. The van der Waals surface area contributed by atoms with Gasteiger partial charge in [-0.2, -0.15) is 5.10 Å². The number of hydrogen-bond acceptors (Lipinski definition) is 3. The number of hydrogen-bond donors (Lipinski definition) is 0. The van der Waals surface area contributed by atoms with Crippen LogP contribution in [0.2, 0.25) is 0 Å². The first kappa shape index (κ1) is 9.92. The van der Waals surface area contributed by atoms with Gasteiger partial charge in [-0.25, -0.2) is 4.68 Å². The van der Waals surface area contributed by atoms with Gasteiger partial charge in [0.15, 0.2) is 0 Å². The van der Waals surface area contributed by atoms with Crippen LogP contribution in [0.15, 0.2) is 18.5 Å². The Morgan fingerprint density at radius 2 is 2.15 bits per heavy atom. The van der Waals surface area contributed by atoms with Crippen molar-refractivity contribution in [3.05, 3.63) is 18.5 Å². The van der Waals surface area contributed by atoms with Gasteiger partial charge in [-0.15, -0.1) is 0 Å². The zero-order valence-electron chi connectivity index (χ0n) is 8.10. The van der Waals surface area contributed by atoms with E-state index in [2.05, 4.69) is 10.00 Å². The number of nitrogens with zero attached hydrogens (tertiary/aromatic N) is 3. The van der Waals surface area contributed by atoms with E-state index in [9.17, 15) is 4.79 Å². The Bertz CT molecular complexity index is 252. The number of rotatable bonds is 4. The molecule has 1 aromatic heterocycles. The van der Waals surface area contributed by atoms with Crippen molar-refractivity contribution < 1.29 is 4.79 Å². The minimum Gasteiger partial charge on any atom is -0.295 e. The predicted molar refractivity (Wildman–Crippen MR) is 50.6 cm³/mol. The SMILES string of the molecule is CCN(CC)CC(=O)n1cccn1.